The van der Waals surface area contributed by atoms with Gasteiger partial charge < -0.3 is 5.73 Å². The molecule has 0 aromatic carbocycles. The summed E-state index contributed by atoms with van der Waals surface area (Å²) in [6.45, 7) is 3.05. The van der Waals surface area contributed by atoms with Gasteiger partial charge in [0.1, 0.15) is 0 Å². The number of fused-ring (bicyclic) bond motifs is 1. The van der Waals surface area contributed by atoms with Crippen LogP contribution in [0, 0.1) is 5.92 Å². The molecule has 3 nitrogen and oxygen atoms in total. The maximum Gasteiger partial charge on any atom is 0.0762 e. The monoisotopic (exact) mass is 223 g/mol. The zero-order valence-electron chi connectivity index (χ0n) is 9.07. The van der Waals surface area contributed by atoms with Gasteiger partial charge in [0.25, 0.3) is 0 Å². The van der Waals surface area contributed by atoms with E-state index in [0.29, 0.717) is 10.9 Å². The highest BCUT2D eigenvalue weighted by Gasteiger charge is 2.21. The lowest BCUT2D eigenvalue weighted by Crippen LogP contribution is -2.23. The number of aryl methyl sites for hydroxylation is 2. The van der Waals surface area contributed by atoms with Gasteiger partial charge in [-0.15, -0.1) is 0 Å². The van der Waals surface area contributed by atoms with Crippen molar-refractivity contribution in [1.29, 1.82) is 0 Å². The Morgan fingerprint density at radius 3 is 3.20 bits per heavy atom. The number of nitrogens with zero attached hydrogens (tertiary/aromatic N) is 2. The van der Waals surface area contributed by atoms with Crippen molar-refractivity contribution in [3.8, 4) is 0 Å². The molecule has 0 saturated heterocycles. The van der Waals surface area contributed by atoms with Gasteiger partial charge in [-0.1, -0.05) is 12.2 Å². The minimum Gasteiger partial charge on any atom is -0.393 e. The molecule has 1 aromatic rings. The zero-order valence-corrected chi connectivity index (χ0v) is 9.89. The third-order valence-electron chi connectivity index (χ3n) is 3.18. The number of nitrogens with two attached hydrogens (primary N) is 1. The smallest absolute Gasteiger partial charge is 0.0762 e. The summed E-state index contributed by atoms with van der Waals surface area (Å²) in [6.07, 6.45) is 6.38. The Bertz CT molecular complexity index is 370. The summed E-state index contributed by atoms with van der Waals surface area (Å²) in [5.74, 6) is 0.364. The van der Waals surface area contributed by atoms with E-state index < -0.39 is 0 Å². The van der Waals surface area contributed by atoms with Crippen LogP contribution in [0.25, 0.3) is 0 Å². The van der Waals surface area contributed by atoms with Crippen LogP contribution in [0.3, 0.4) is 0 Å². The van der Waals surface area contributed by atoms with Gasteiger partial charge in [-0.25, -0.2) is 0 Å². The molecule has 0 bridgehead atoms. The Balaban J connectivity index is 2.29. The molecule has 1 aliphatic rings. The third-order valence-corrected chi connectivity index (χ3v) is 3.51. The lowest BCUT2D eigenvalue weighted by atomic mass is 10.0. The number of hydrogen-bond acceptors (Lipinski definition) is 2. The van der Waals surface area contributed by atoms with Crippen LogP contribution in [-0.2, 0) is 19.4 Å². The number of hydrogen-bond donors (Lipinski definition) is 1. The van der Waals surface area contributed by atoms with E-state index in [1.165, 1.54) is 17.7 Å². The van der Waals surface area contributed by atoms with E-state index in [2.05, 4.69) is 16.7 Å². The predicted molar refractivity (Wildman–Crippen MR) is 64.8 cm³/mol. The Kier molecular flexibility index (Phi) is 3.05. The topological polar surface area (TPSA) is 43.8 Å². The molecule has 0 radical (unpaired) electrons. The molecule has 0 unspecified atom stereocenters. The van der Waals surface area contributed by atoms with Crippen molar-refractivity contribution >= 4 is 17.2 Å². The first-order valence-electron chi connectivity index (χ1n) is 5.55. The maximum atomic E-state index is 5.76. The normalized spacial score (nSPS) is 20.7. The molecular weight excluding hydrogens is 206 g/mol. The molecule has 1 aromatic heterocycles. The summed E-state index contributed by atoms with van der Waals surface area (Å²) < 4.78 is 2.08. The Morgan fingerprint density at radius 2 is 2.53 bits per heavy atom. The van der Waals surface area contributed by atoms with Gasteiger partial charge in [0.05, 0.1) is 11.2 Å². The lowest BCUT2D eigenvalue weighted by Gasteiger charge is -2.13. The predicted octanol–water partition coefficient (Wildman–Crippen LogP) is 1.68. The molecular formula is C11H17N3S. The van der Waals surface area contributed by atoms with E-state index in [4.69, 9.17) is 18.0 Å². The lowest BCUT2D eigenvalue weighted by molar-refractivity contribution is 0.563. The fraction of sp³-hybridized carbons (Fsp3) is 0.636. The number of thiocarbonyl (C=S) groups is 1. The molecule has 1 atom stereocenters. The van der Waals surface area contributed by atoms with Crippen LogP contribution in [0.2, 0.25) is 0 Å². The van der Waals surface area contributed by atoms with Gasteiger partial charge in [-0.05, 0) is 38.2 Å². The SMILES string of the molecule is CCn1ncc2c1C[C@H](C(N)=S)CCC2. The molecule has 0 fully saturated rings. The summed E-state index contributed by atoms with van der Waals surface area (Å²) in [6, 6.07) is 0. The molecule has 4 heteroatoms. The Labute approximate surface area is 95.7 Å². The van der Waals surface area contributed by atoms with Crippen molar-refractivity contribution in [2.75, 3.05) is 0 Å². The van der Waals surface area contributed by atoms with Gasteiger partial charge in [0.15, 0.2) is 0 Å². The second kappa shape index (κ2) is 4.31. The summed E-state index contributed by atoms with van der Waals surface area (Å²) in [4.78, 5) is 0.659. The Hall–Kier alpha value is -0.900. The van der Waals surface area contributed by atoms with Crippen LogP contribution in [0.5, 0.6) is 0 Å². The van der Waals surface area contributed by atoms with Crippen molar-refractivity contribution in [3.05, 3.63) is 17.5 Å². The fourth-order valence-corrected chi connectivity index (χ4v) is 2.49. The molecule has 15 heavy (non-hydrogen) atoms. The molecule has 0 saturated carbocycles. The van der Waals surface area contributed by atoms with Crippen LogP contribution in [-0.4, -0.2) is 14.8 Å². The average Bonchev–Trinajstić information content (AvgIpc) is 2.46. The minimum absolute atomic E-state index is 0.364. The summed E-state index contributed by atoms with van der Waals surface area (Å²) in [5, 5.41) is 4.38. The quantitative estimate of drug-likeness (QED) is 0.613. The van der Waals surface area contributed by atoms with Crippen LogP contribution in [0.4, 0.5) is 0 Å². The molecule has 0 amide bonds. The van der Waals surface area contributed by atoms with Gasteiger partial charge in [0.2, 0.25) is 0 Å². The van der Waals surface area contributed by atoms with E-state index in [1.54, 1.807) is 0 Å². The van der Waals surface area contributed by atoms with E-state index in [0.717, 1.165) is 25.8 Å². The van der Waals surface area contributed by atoms with Crippen molar-refractivity contribution in [2.45, 2.75) is 39.2 Å². The summed E-state index contributed by atoms with van der Waals surface area (Å²) in [5.41, 5.74) is 8.48. The van der Waals surface area contributed by atoms with Crippen molar-refractivity contribution in [1.82, 2.24) is 9.78 Å². The molecule has 2 N–H and O–H groups in total. The van der Waals surface area contributed by atoms with Crippen LogP contribution in [0.15, 0.2) is 6.20 Å². The highest BCUT2D eigenvalue weighted by atomic mass is 32.1. The molecule has 82 valence electrons. The fourth-order valence-electron chi connectivity index (χ4n) is 2.28. The first kappa shape index (κ1) is 10.6. The van der Waals surface area contributed by atoms with Gasteiger partial charge in [-0.3, -0.25) is 4.68 Å². The van der Waals surface area contributed by atoms with Gasteiger partial charge in [-0.2, -0.15) is 5.10 Å². The van der Waals surface area contributed by atoms with Crippen LogP contribution < -0.4 is 5.73 Å². The number of aromatic nitrogens is 2. The summed E-state index contributed by atoms with van der Waals surface area (Å²) in [7, 11) is 0. The first-order valence-corrected chi connectivity index (χ1v) is 5.96. The van der Waals surface area contributed by atoms with Crippen molar-refractivity contribution in [2.24, 2.45) is 11.7 Å². The van der Waals surface area contributed by atoms with Crippen LogP contribution >= 0.6 is 12.2 Å². The molecule has 0 spiro atoms. The van der Waals surface area contributed by atoms with E-state index in [-0.39, 0.29) is 0 Å². The van der Waals surface area contributed by atoms with Gasteiger partial charge >= 0.3 is 0 Å². The van der Waals surface area contributed by atoms with Crippen molar-refractivity contribution in [3.63, 3.8) is 0 Å². The van der Waals surface area contributed by atoms with Crippen LogP contribution in [0.1, 0.15) is 31.0 Å². The first-order chi connectivity index (χ1) is 7.22. The highest BCUT2D eigenvalue weighted by molar-refractivity contribution is 7.80. The third kappa shape index (κ3) is 2.04. The molecule has 2 rings (SSSR count). The Morgan fingerprint density at radius 1 is 1.73 bits per heavy atom. The average molecular weight is 223 g/mol. The van der Waals surface area contributed by atoms with Crippen molar-refractivity contribution < 1.29 is 0 Å². The van der Waals surface area contributed by atoms with E-state index in [9.17, 15) is 0 Å². The van der Waals surface area contributed by atoms with Gasteiger partial charge in [0, 0.05) is 18.2 Å². The standard InChI is InChI=1S/C11H17N3S/c1-2-14-10-6-8(11(12)15)4-3-5-9(10)7-13-14/h7-8H,2-6H2,1H3,(H2,12,15)/t8-/m1/s1. The zero-order chi connectivity index (χ0) is 10.8. The highest BCUT2D eigenvalue weighted by Crippen LogP contribution is 2.24. The minimum atomic E-state index is 0.364. The second-order valence-corrected chi connectivity index (χ2v) is 4.60. The van der Waals surface area contributed by atoms with E-state index in [1.807, 2.05) is 6.20 Å². The van der Waals surface area contributed by atoms with E-state index >= 15 is 0 Å². The number of rotatable bonds is 2. The molecule has 1 aliphatic carbocycles. The largest absolute Gasteiger partial charge is 0.393 e. The molecule has 0 aliphatic heterocycles. The maximum absolute atomic E-state index is 5.76. The molecule has 1 heterocycles. The second-order valence-electron chi connectivity index (χ2n) is 4.13. The summed E-state index contributed by atoms with van der Waals surface area (Å²) >= 11 is 5.11.